The molecule has 6 nitrogen and oxygen atoms in total. The normalized spacial score (nSPS) is 20.4. The lowest BCUT2D eigenvalue weighted by atomic mass is 9.79. The Morgan fingerprint density at radius 1 is 1.15 bits per heavy atom. The fourth-order valence-electron chi connectivity index (χ4n) is 4.34. The molecule has 178 valence electrons. The molecule has 33 heavy (non-hydrogen) atoms. The molecule has 1 aliphatic rings. The monoisotopic (exact) mass is 475 g/mol. The van der Waals surface area contributed by atoms with Crippen LogP contribution in [0.5, 0.6) is 0 Å². The summed E-state index contributed by atoms with van der Waals surface area (Å²) in [6.07, 6.45) is 1.57. The molecule has 1 saturated carbocycles. The fraction of sp³-hybridized carbons (Fsp3) is 0.480. The van der Waals surface area contributed by atoms with E-state index in [0.29, 0.717) is 29.3 Å². The molecule has 2 aromatic rings. The Morgan fingerprint density at radius 2 is 1.82 bits per heavy atom. The first-order chi connectivity index (χ1) is 15.6. The Bertz CT molecular complexity index is 1020. The molecule has 1 aromatic heterocycles. The molecule has 0 N–H and O–H groups in total. The molecule has 1 fully saturated rings. The summed E-state index contributed by atoms with van der Waals surface area (Å²) in [4.78, 5) is 40.8. The minimum absolute atomic E-state index is 0.184. The van der Waals surface area contributed by atoms with Gasteiger partial charge in [-0.2, -0.15) is 0 Å². The highest BCUT2D eigenvalue weighted by molar-refractivity contribution is 7.18. The standard InChI is InChI=1S/C25H30FNO5S/c1-14(2)27(24(29)19-11-6-15(3)12-21(19)32-16(4)28)20-13-22(33-23(20)25(30)31-5)17-7-9-18(26)10-8-17/h7-10,13-15,19,21H,6,11-12H2,1-5H3/t15-,19-,21+/m1/s1. The molecule has 8 heteroatoms. The van der Waals surface area contributed by atoms with Crippen LogP contribution < -0.4 is 4.90 Å². The van der Waals surface area contributed by atoms with Crippen LogP contribution in [0.3, 0.4) is 0 Å². The van der Waals surface area contributed by atoms with Crippen LogP contribution in [0.2, 0.25) is 0 Å². The van der Waals surface area contributed by atoms with Crippen LogP contribution in [-0.2, 0) is 19.1 Å². The molecule has 1 aromatic carbocycles. The maximum Gasteiger partial charge on any atom is 0.350 e. The Kier molecular flexibility index (Phi) is 7.89. The van der Waals surface area contributed by atoms with Gasteiger partial charge in [0.05, 0.1) is 18.7 Å². The lowest BCUT2D eigenvalue weighted by molar-refractivity contribution is -0.154. The maximum atomic E-state index is 13.8. The molecular formula is C25H30FNO5S. The number of benzene rings is 1. The Morgan fingerprint density at radius 3 is 2.39 bits per heavy atom. The van der Waals surface area contributed by atoms with E-state index in [1.54, 1.807) is 23.1 Å². The second-order valence-corrected chi connectivity index (χ2v) is 9.85. The number of nitrogens with zero attached hydrogens (tertiary/aromatic N) is 1. The number of hydrogen-bond donors (Lipinski definition) is 0. The number of ether oxygens (including phenoxy) is 2. The van der Waals surface area contributed by atoms with Gasteiger partial charge >= 0.3 is 11.9 Å². The summed E-state index contributed by atoms with van der Waals surface area (Å²) in [5, 5.41) is 0. The van der Waals surface area contributed by atoms with E-state index in [9.17, 15) is 18.8 Å². The molecule has 0 unspecified atom stereocenters. The zero-order valence-corrected chi connectivity index (χ0v) is 20.4. The number of amides is 1. The molecule has 0 spiro atoms. The highest BCUT2D eigenvalue weighted by Gasteiger charge is 2.40. The van der Waals surface area contributed by atoms with E-state index in [-0.39, 0.29) is 17.8 Å². The van der Waals surface area contributed by atoms with Gasteiger partial charge in [0.2, 0.25) is 5.91 Å². The lowest BCUT2D eigenvalue weighted by Gasteiger charge is -2.37. The Hall–Kier alpha value is -2.74. The van der Waals surface area contributed by atoms with Crippen molar-refractivity contribution in [2.24, 2.45) is 11.8 Å². The van der Waals surface area contributed by atoms with E-state index in [2.05, 4.69) is 6.92 Å². The summed E-state index contributed by atoms with van der Waals surface area (Å²) in [7, 11) is 1.30. The van der Waals surface area contributed by atoms with Gasteiger partial charge in [0.1, 0.15) is 16.8 Å². The molecular weight excluding hydrogens is 445 g/mol. The molecule has 1 amide bonds. The quantitative estimate of drug-likeness (QED) is 0.520. The predicted octanol–water partition coefficient (Wildman–Crippen LogP) is 5.45. The third-order valence-corrected chi connectivity index (χ3v) is 7.07. The van der Waals surface area contributed by atoms with Gasteiger partial charge in [-0.3, -0.25) is 9.59 Å². The third kappa shape index (κ3) is 5.61. The minimum Gasteiger partial charge on any atom is -0.465 e. The summed E-state index contributed by atoms with van der Waals surface area (Å²) in [5.41, 5.74) is 1.18. The van der Waals surface area contributed by atoms with Crippen LogP contribution in [0.1, 0.15) is 56.6 Å². The lowest BCUT2D eigenvalue weighted by Crippen LogP contribution is -2.48. The first-order valence-electron chi connectivity index (χ1n) is 11.1. The van der Waals surface area contributed by atoms with Gasteiger partial charge < -0.3 is 14.4 Å². The molecule has 0 aliphatic heterocycles. The zero-order valence-electron chi connectivity index (χ0n) is 19.6. The number of hydrogen-bond acceptors (Lipinski definition) is 6. The van der Waals surface area contributed by atoms with Crippen molar-refractivity contribution < 1.29 is 28.2 Å². The molecule has 0 radical (unpaired) electrons. The summed E-state index contributed by atoms with van der Waals surface area (Å²) in [6.45, 7) is 7.19. The second-order valence-electron chi connectivity index (χ2n) is 8.80. The van der Waals surface area contributed by atoms with E-state index < -0.39 is 24.0 Å². The number of rotatable bonds is 6. The van der Waals surface area contributed by atoms with Gasteiger partial charge in [-0.15, -0.1) is 11.3 Å². The highest BCUT2D eigenvalue weighted by atomic mass is 32.1. The van der Waals surface area contributed by atoms with E-state index in [1.165, 1.54) is 37.5 Å². The van der Waals surface area contributed by atoms with Gasteiger partial charge in [-0.25, -0.2) is 9.18 Å². The van der Waals surface area contributed by atoms with Crippen LogP contribution in [0.25, 0.3) is 10.4 Å². The van der Waals surface area contributed by atoms with Crippen molar-refractivity contribution >= 4 is 34.9 Å². The molecule has 3 rings (SSSR count). The second kappa shape index (κ2) is 10.5. The van der Waals surface area contributed by atoms with Crippen molar-refractivity contribution in [1.82, 2.24) is 0 Å². The number of carbonyl (C=O) groups excluding carboxylic acids is 3. The van der Waals surface area contributed by atoms with Crippen LogP contribution in [0, 0.1) is 17.7 Å². The largest absolute Gasteiger partial charge is 0.465 e. The molecule has 1 heterocycles. The van der Waals surface area contributed by atoms with E-state index in [0.717, 1.165) is 16.9 Å². The number of esters is 2. The molecule has 0 saturated heterocycles. The van der Waals surface area contributed by atoms with Crippen molar-refractivity contribution in [3.8, 4) is 10.4 Å². The van der Waals surface area contributed by atoms with Gasteiger partial charge in [0.15, 0.2) is 0 Å². The first-order valence-corrected chi connectivity index (χ1v) is 11.9. The number of thiophene rings is 1. The van der Waals surface area contributed by atoms with Crippen molar-refractivity contribution in [3.63, 3.8) is 0 Å². The summed E-state index contributed by atoms with van der Waals surface area (Å²) in [5.74, 6) is -1.64. The summed E-state index contributed by atoms with van der Waals surface area (Å²) >= 11 is 1.20. The van der Waals surface area contributed by atoms with Crippen molar-refractivity contribution in [2.75, 3.05) is 12.0 Å². The number of anilines is 1. The smallest absolute Gasteiger partial charge is 0.350 e. The molecule has 0 bridgehead atoms. The SMILES string of the molecule is COC(=O)c1sc(-c2ccc(F)cc2)cc1N(C(=O)[C@@H]1CC[C@@H](C)C[C@@H]1OC(C)=O)C(C)C. The van der Waals surface area contributed by atoms with Crippen LogP contribution in [-0.4, -0.2) is 37.1 Å². The maximum absolute atomic E-state index is 13.8. The number of carbonyl (C=O) groups is 3. The van der Waals surface area contributed by atoms with Gasteiger partial charge in [-0.1, -0.05) is 19.1 Å². The molecule has 1 aliphatic carbocycles. The topological polar surface area (TPSA) is 72.9 Å². The van der Waals surface area contributed by atoms with Gasteiger partial charge in [0, 0.05) is 17.8 Å². The van der Waals surface area contributed by atoms with Crippen LogP contribution >= 0.6 is 11.3 Å². The number of halogens is 1. The van der Waals surface area contributed by atoms with Crippen LogP contribution in [0.15, 0.2) is 30.3 Å². The van der Waals surface area contributed by atoms with Crippen molar-refractivity contribution in [3.05, 3.63) is 41.0 Å². The Labute approximate surface area is 197 Å². The molecule has 3 atom stereocenters. The number of methoxy groups -OCH3 is 1. The van der Waals surface area contributed by atoms with Gasteiger partial charge in [0.25, 0.3) is 0 Å². The van der Waals surface area contributed by atoms with Crippen molar-refractivity contribution in [2.45, 2.75) is 59.1 Å². The first kappa shape index (κ1) is 24.9. The van der Waals surface area contributed by atoms with E-state index in [1.807, 2.05) is 13.8 Å². The van der Waals surface area contributed by atoms with Crippen LogP contribution in [0.4, 0.5) is 10.1 Å². The summed E-state index contributed by atoms with van der Waals surface area (Å²) < 4.78 is 23.9. The van der Waals surface area contributed by atoms with E-state index in [4.69, 9.17) is 9.47 Å². The minimum atomic E-state index is -0.546. The van der Waals surface area contributed by atoms with Gasteiger partial charge in [-0.05, 0) is 62.8 Å². The van der Waals surface area contributed by atoms with Crippen molar-refractivity contribution in [1.29, 1.82) is 0 Å². The fourth-order valence-corrected chi connectivity index (χ4v) is 5.41. The van der Waals surface area contributed by atoms with E-state index >= 15 is 0 Å². The highest BCUT2D eigenvalue weighted by Crippen LogP contribution is 2.40. The predicted molar refractivity (Wildman–Crippen MR) is 126 cm³/mol. The zero-order chi connectivity index (χ0) is 24.3. The average Bonchev–Trinajstić information content (AvgIpc) is 3.17. The average molecular weight is 476 g/mol. The summed E-state index contributed by atoms with van der Waals surface area (Å²) in [6, 6.07) is 7.48. The Balaban J connectivity index is 2.04. The third-order valence-electron chi connectivity index (χ3n) is 5.91.